The van der Waals surface area contributed by atoms with E-state index in [9.17, 15) is 63.0 Å². The maximum absolute atomic E-state index is 14.1. The molecule has 10 atom stereocenters. The summed E-state index contributed by atoms with van der Waals surface area (Å²) in [7, 11) is 1.54. The zero-order valence-electron chi connectivity index (χ0n) is 48.9. The Kier molecular flexibility index (Phi) is 25.9. The number of aliphatic hydroxyl groups is 2. The second kappa shape index (κ2) is 33.1. The van der Waals surface area contributed by atoms with Gasteiger partial charge in [0.05, 0.1) is 18.6 Å². The molecule has 1 aliphatic rings. The molecule has 1 aliphatic heterocycles. The average molecular weight is 1210 g/mol. The number of likely N-dealkylation sites (tertiary alicyclic amines) is 1. The number of rotatable bonds is 30. The minimum Gasteiger partial charge on any atom is -0.391 e. The monoisotopic (exact) mass is 1210 g/mol. The zero-order valence-corrected chi connectivity index (χ0v) is 48.9. The van der Waals surface area contributed by atoms with Gasteiger partial charge in [-0.1, -0.05) is 68.4 Å². The lowest BCUT2D eigenvalue weighted by atomic mass is 10.0. The number of primary amides is 2. The highest BCUT2D eigenvalue weighted by Crippen LogP contribution is 2.22. The maximum Gasteiger partial charge on any atom is 0.334 e. The van der Waals surface area contributed by atoms with Crippen molar-refractivity contribution in [3.05, 3.63) is 102 Å². The van der Waals surface area contributed by atoms with Crippen molar-refractivity contribution < 1.29 is 63.0 Å². The van der Waals surface area contributed by atoms with Crippen LogP contribution in [0.3, 0.4) is 0 Å². The second-order valence-electron chi connectivity index (χ2n) is 21.4. The van der Waals surface area contributed by atoms with E-state index in [1.165, 1.54) is 13.1 Å². The molecule has 0 aliphatic carbocycles. The number of fused-ring (bicyclic) bond motifs is 1. The smallest absolute Gasteiger partial charge is 0.334 e. The van der Waals surface area contributed by atoms with Crippen LogP contribution in [0.25, 0.3) is 10.9 Å². The number of β-amino-alcohol motifs (C(OH)–C–C–N with tert-alkyl or cyclic N) is 1. The highest BCUT2D eigenvalue weighted by atomic mass is 16.3. The van der Waals surface area contributed by atoms with Gasteiger partial charge in [-0.15, -0.1) is 0 Å². The quantitative estimate of drug-likeness (QED) is 0.0104. The van der Waals surface area contributed by atoms with Crippen molar-refractivity contribution in [1.82, 2.24) is 73.6 Å². The van der Waals surface area contributed by atoms with Crippen molar-refractivity contribution >= 4 is 82.0 Å². The lowest BCUT2D eigenvalue weighted by Crippen LogP contribution is -2.62. The van der Waals surface area contributed by atoms with Crippen LogP contribution in [-0.2, 0) is 67.2 Å². The van der Waals surface area contributed by atoms with Crippen molar-refractivity contribution in [2.24, 2.45) is 17.4 Å². The Morgan fingerprint density at radius 1 is 0.713 bits per heavy atom. The van der Waals surface area contributed by atoms with Gasteiger partial charge in [0, 0.05) is 81.7 Å². The molecule has 0 saturated carbocycles. The van der Waals surface area contributed by atoms with Gasteiger partial charge in [-0.3, -0.25) is 63.8 Å². The predicted molar refractivity (Wildman–Crippen MR) is 315 cm³/mol. The topological polar surface area (TPSA) is 468 Å². The summed E-state index contributed by atoms with van der Waals surface area (Å²) in [5.41, 5.74) is 18.1. The van der Waals surface area contributed by atoms with Crippen LogP contribution >= 0.6 is 0 Å². The Balaban J connectivity index is 1.27. The molecule has 1 saturated heterocycles. The normalized spacial score (nSPS) is 16.4. The summed E-state index contributed by atoms with van der Waals surface area (Å²) in [6.07, 6.45) is -0.936. The van der Waals surface area contributed by atoms with E-state index in [4.69, 9.17) is 16.9 Å². The molecule has 2 aromatic carbocycles. The number of aliphatic hydroxyl groups excluding tert-OH is 2. The van der Waals surface area contributed by atoms with Crippen LogP contribution < -0.4 is 70.2 Å². The number of aromatic nitrogens is 2. The largest absolute Gasteiger partial charge is 0.391 e. The fourth-order valence-electron chi connectivity index (χ4n) is 9.60. The number of hydrogen-bond donors (Lipinski definition) is 17. The Hall–Kier alpha value is -9.71. The number of nitrogens with two attached hydrogens (primary N) is 2. The summed E-state index contributed by atoms with van der Waals surface area (Å²) in [6.45, 7) is 5.71. The number of H-pyrrole nitrogens is 1. The molecule has 87 heavy (non-hydrogen) atoms. The Bertz CT molecular complexity index is 3070. The molecular weight excluding hydrogens is 1130 g/mol. The van der Waals surface area contributed by atoms with Gasteiger partial charge in [-0.2, -0.15) is 0 Å². The average Bonchev–Trinajstić information content (AvgIpc) is 2.95. The molecule has 5 rings (SSSR count). The molecule has 19 N–H and O–H groups in total. The number of hydrazine groups is 1. The number of nitrogens with one attached hydrogen (secondary N) is 13. The Labute approximate surface area is 501 Å². The summed E-state index contributed by atoms with van der Waals surface area (Å²) in [5, 5.41) is 53.2. The van der Waals surface area contributed by atoms with E-state index in [2.05, 4.69) is 68.7 Å². The third-order valence-corrected chi connectivity index (χ3v) is 13.9. The van der Waals surface area contributed by atoms with Crippen molar-refractivity contribution in [3.8, 4) is 0 Å². The van der Waals surface area contributed by atoms with E-state index < -0.39 is 132 Å². The summed E-state index contributed by atoms with van der Waals surface area (Å²) in [5.74, 6) is -9.46. The Morgan fingerprint density at radius 2 is 1.37 bits per heavy atom. The standard InChI is InChI=1S/C57H79N17O13/c1-30(2)22-41(50(81)66-39(19-13-21-63-56(60)61-5)49(80)67-40(48(59)79)24-34-28-64-38-18-10-9-17-37(34)38)70-57(87)73-72-52(83)42(23-33-14-7-6-8-15-33)69-54(85)47(31(3)75)71-51(82)43(27-46(58)78)68-53(84)45-26-36(77)29-74(45)55(86)44(65-32(4)76)25-35-16-11-12-20-62-35/h6-12,14-18,20,28,30-31,36,39-45,47,64,75,77H,13,19,21-27,29H2,1-5H3,(H2,58,78)(H2,59,79)(H,65,76)(H,66,81)(H,67,80)(H,68,84)(H,69,85)(H,71,82)(H,72,83)(H3,60,61,63)(H2,70,73,87)/t31-,36-,39+,40+,41+,42+,43+,44+,45+,47+/m1/s1. The van der Waals surface area contributed by atoms with E-state index in [0.717, 1.165) is 22.7 Å². The van der Waals surface area contributed by atoms with Gasteiger partial charge in [0.1, 0.15) is 48.3 Å². The number of aromatic amines is 1. The van der Waals surface area contributed by atoms with Crippen LogP contribution in [0, 0.1) is 11.3 Å². The van der Waals surface area contributed by atoms with Crippen LogP contribution in [0.1, 0.15) is 76.6 Å². The molecule has 0 bridgehead atoms. The van der Waals surface area contributed by atoms with Gasteiger partial charge < -0.3 is 79.4 Å². The molecule has 0 spiro atoms. The molecule has 0 unspecified atom stereocenters. The molecule has 1 fully saturated rings. The molecule has 0 radical (unpaired) electrons. The van der Waals surface area contributed by atoms with Gasteiger partial charge >= 0.3 is 6.03 Å². The van der Waals surface area contributed by atoms with E-state index in [-0.39, 0.29) is 69.9 Å². The minimum absolute atomic E-state index is 0.00171. The summed E-state index contributed by atoms with van der Waals surface area (Å²) in [4.78, 5) is 157. The highest BCUT2D eigenvalue weighted by molar-refractivity contribution is 5.99. The SMILES string of the molecule is CNC(=N)NCCC[C@H](NC(=O)[C@H](CC(C)C)NC(=O)NNC(=O)[C@H](Cc1ccccc1)NC(=O)[C@@H](NC(=O)[C@H](CC(N)=O)NC(=O)[C@@H]1C[C@@H](O)CN1C(=O)[C@H](Cc1ccccn1)NC(C)=O)[C@@H](C)O)C(=O)N[C@@H](Cc1c[nH]c2ccccc12)C(N)=O. The second-order valence-corrected chi connectivity index (χ2v) is 21.4. The molecular formula is C57H79N17O13. The molecule has 12 amide bonds. The number of amides is 12. The zero-order chi connectivity index (χ0) is 63.9. The number of para-hydroxylation sites is 1. The number of carbonyl (C=O) groups is 11. The number of nitrogens with zero attached hydrogens (tertiary/aromatic N) is 2. The third kappa shape index (κ3) is 21.4. The first-order valence-electron chi connectivity index (χ1n) is 28.2. The maximum atomic E-state index is 14.1. The number of hydrogen-bond acceptors (Lipinski definition) is 15. The molecule has 30 nitrogen and oxygen atoms in total. The molecule has 470 valence electrons. The van der Waals surface area contributed by atoms with Crippen molar-refractivity contribution in [1.29, 1.82) is 5.41 Å². The molecule has 3 heterocycles. The number of pyridine rings is 1. The van der Waals surface area contributed by atoms with Gasteiger partial charge in [0.25, 0.3) is 5.91 Å². The summed E-state index contributed by atoms with van der Waals surface area (Å²) < 4.78 is 0. The number of guanidine groups is 1. The van der Waals surface area contributed by atoms with E-state index in [1.54, 1.807) is 75.6 Å². The predicted octanol–water partition coefficient (Wildman–Crippen LogP) is -3.51. The molecule has 2 aromatic heterocycles. The first-order valence-corrected chi connectivity index (χ1v) is 28.2. The van der Waals surface area contributed by atoms with Crippen molar-refractivity contribution in [3.63, 3.8) is 0 Å². The van der Waals surface area contributed by atoms with E-state index >= 15 is 0 Å². The molecule has 30 heteroatoms. The van der Waals surface area contributed by atoms with Crippen LogP contribution in [0.15, 0.2) is 85.2 Å². The number of carbonyl (C=O) groups excluding carboxylic acids is 11. The van der Waals surface area contributed by atoms with E-state index in [0.29, 0.717) is 16.8 Å². The third-order valence-electron chi connectivity index (χ3n) is 13.9. The van der Waals surface area contributed by atoms with Crippen LogP contribution in [-0.4, -0.2) is 177 Å². The number of benzene rings is 2. The van der Waals surface area contributed by atoms with Gasteiger partial charge in [0.2, 0.25) is 53.2 Å². The first kappa shape index (κ1) is 68.1. The van der Waals surface area contributed by atoms with Crippen LogP contribution in [0.5, 0.6) is 0 Å². The Morgan fingerprint density at radius 3 is 2.01 bits per heavy atom. The summed E-state index contributed by atoms with van der Waals surface area (Å²) >= 11 is 0. The summed E-state index contributed by atoms with van der Waals surface area (Å²) in [6, 6.07) is 7.68. The van der Waals surface area contributed by atoms with Crippen molar-refractivity contribution in [2.45, 2.75) is 140 Å². The van der Waals surface area contributed by atoms with Crippen LogP contribution in [0.4, 0.5) is 4.79 Å². The fourth-order valence-corrected chi connectivity index (χ4v) is 9.60. The van der Waals surface area contributed by atoms with Gasteiger partial charge in [-0.25, -0.2) is 10.2 Å². The minimum atomic E-state index is -1.89. The lowest BCUT2D eigenvalue weighted by molar-refractivity contribution is -0.142. The molecule has 4 aromatic rings. The highest BCUT2D eigenvalue weighted by Gasteiger charge is 2.43. The number of urea groups is 1. The van der Waals surface area contributed by atoms with Gasteiger partial charge in [0.15, 0.2) is 5.96 Å². The fraction of sp³-hybridized carbons (Fsp3) is 0.456. The van der Waals surface area contributed by atoms with E-state index in [1.807, 2.05) is 24.3 Å². The van der Waals surface area contributed by atoms with Crippen molar-refractivity contribution in [2.75, 3.05) is 20.1 Å². The first-order chi connectivity index (χ1) is 41.3. The van der Waals surface area contributed by atoms with Gasteiger partial charge in [-0.05, 0) is 61.4 Å². The lowest BCUT2D eigenvalue weighted by Gasteiger charge is -2.30. The van der Waals surface area contributed by atoms with Crippen LogP contribution in [0.2, 0.25) is 0 Å².